The second-order valence-corrected chi connectivity index (χ2v) is 10.1. The number of non-ortho nitro benzene ring substituents is 1. The molecule has 44 heavy (non-hydrogen) atoms. The molecule has 0 saturated carbocycles. The number of likely N-dealkylation sites (tertiary alicyclic amines) is 1. The van der Waals surface area contributed by atoms with E-state index in [0.29, 0.717) is 31.6 Å². The number of carbonyl (C=O) groups is 2. The number of unbranched alkanes of at least 4 members (excludes halogenated alkanes) is 3. The first kappa shape index (κ1) is 32.1. The molecular weight excluding hydrogens is 582 g/mol. The summed E-state index contributed by atoms with van der Waals surface area (Å²) in [4.78, 5) is 37.1. The highest BCUT2D eigenvalue weighted by Crippen LogP contribution is 2.33. The molecule has 0 bridgehead atoms. The third-order valence-corrected chi connectivity index (χ3v) is 7.01. The third-order valence-electron chi connectivity index (χ3n) is 7.01. The predicted molar refractivity (Wildman–Crippen MR) is 150 cm³/mol. The Bertz CT molecular complexity index is 1440. The number of tetrazole rings is 1. The molecule has 3 aromatic rings. The first-order valence-electron chi connectivity index (χ1n) is 14.1. The van der Waals surface area contributed by atoms with Crippen molar-refractivity contribution in [2.45, 2.75) is 69.7 Å². The van der Waals surface area contributed by atoms with E-state index in [9.17, 15) is 33.6 Å². The maximum atomic E-state index is 14.6. The molecule has 0 unspecified atom stereocenters. The van der Waals surface area contributed by atoms with Gasteiger partial charge >= 0.3 is 12.1 Å². The van der Waals surface area contributed by atoms with Crippen molar-refractivity contribution in [1.29, 1.82) is 0 Å². The minimum Gasteiger partial charge on any atom is -0.409 e. The molecular formula is C29H32F2N6O7. The molecule has 1 saturated heterocycles. The lowest BCUT2D eigenvalue weighted by atomic mass is 10.0. The van der Waals surface area contributed by atoms with Gasteiger partial charge in [0.05, 0.1) is 11.0 Å². The number of aryl methyl sites for hydroxylation is 1. The molecule has 1 N–H and O–H groups in total. The van der Waals surface area contributed by atoms with Crippen LogP contribution in [-0.2, 0) is 28.6 Å². The number of alkyl halides is 2. The summed E-state index contributed by atoms with van der Waals surface area (Å²) in [6.45, 7) is 0.153. The normalized spacial score (nSPS) is 15.9. The fourth-order valence-corrected chi connectivity index (χ4v) is 4.65. The Morgan fingerprint density at radius 3 is 2.59 bits per heavy atom. The van der Waals surface area contributed by atoms with E-state index in [0.717, 1.165) is 36.6 Å². The van der Waals surface area contributed by atoms with Gasteiger partial charge in [-0.25, -0.2) is 4.79 Å². The zero-order chi connectivity index (χ0) is 31.5. The van der Waals surface area contributed by atoms with Crippen molar-refractivity contribution in [3.63, 3.8) is 0 Å². The van der Waals surface area contributed by atoms with Gasteiger partial charge in [0.1, 0.15) is 11.9 Å². The van der Waals surface area contributed by atoms with Gasteiger partial charge in [0, 0.05) is 37.1 Å². The number of nitro groups is 1. The molecule has 0 radical (unpaired) electrons. The molecule has 1 amide bonds. The lowest BCUT2D eigenvalue weighted by molar-refractivity contribution is -0.384. The van der Waals surface area contributed by atoms with Crippen LogP contribution in [0.5, 0.6) is 5.75 Å². The van der Waals surface area contributed by atoms with E-state index in [2.05, 4.69) is 15.4 Å². The standard InChI is InChI=1S/C29H32F2N6O7/c30-29(31,21-8-4-3-5-9-21)25(38)17-13-22-14-18-27(39)35(22)19-7-2-1-6-10-26-32-34-36(33-26)20-43-28(40)44-24-15-11-23(12-16-24)37(41)42/h3-5,8-9,11-13,15-17,22,25,38H,1-2,6-7,10,14,18-20H2/b17-13+/t22-,25+/m0/s1. The SMILES string of the molecule is O=C(OCn1nnc(CCCCCCN2C(=O)CC[C@@H]2/C=C/[C@@H](O)C(F)(F)c2ccccc2)n1)Oc1ccc([N+](=O)[O-])cc1. The number of aliphatic hydroxyl groups is 1. The zero-order valence-electron chi connectivity index (χ0n) is 23.7. The summed E-state index contributed by atoms with van der Waals surface area (Å²) in [5.41, 5.74) is -0.416. The number of nitrogens with zero attached hydrogens (tertiary/aromatic N) is 6. The Hall–Kier alpha value is -4.79. The van der Waals surface area contributed by atoms with Crippen LogP contribution in [0.4, 0.5) is 19.3 Å². The Morgan fingerprint density at radius 2 is 1.86 bits per heavy atom. The summed E-state index contributed by atoms with van der Waals surface area (Å²) in [5.74, 6) is -2.94. The Labute approximate surface area is 251 Å². The number of hydrogen-bond acceptors (Lipinski definition) is 10. The second-order valence-electron chi connectivity index (χ2n) is 10.1. The Morgan fingerprint density at radius 1 is 1.14 bits per heavy atom. The molecule has 4 rings (SSSR count). The Balaban J connectivity index is 1.12. The van der Waals surface area contributed by atoms with Crippen LogP contribution >= 0.6 is 0 Å². The van der Waals surface area contributed by atoms with Crippen molar-refractivity contribution < 1.29 is 37.9 Å². The van der Waals surface area contributed by atoms with E-state index in [1.165, 1.54) is 54.6 Å². The zero-order valence-corrected chi connectivity index (χ0v) is 23.7. The molecule has 2 atom stereocenters. The number of aromatic nitrogens is 4. The van der Waals surface area contributed by atoms with Crippen LogP contribution in [0, 0.1) is 10.1 Å². The second kappa shape index (κ2) is 15.1. The van der Waals surface area contributed by atoms with Crippen molar-refractivity contribution >= 4 is 17.7 Å². The van der Waals surface area contributed by atoms with E-state index in [-0.39, 0.29) is 35.7 Å². The highest BCUT2D eigenvalue weighted by molar-refractivity contribution is 5.79. The van der Waals surface area contributed by atoms with E-state index in [1.807, 2.05) is 0 Å². The number of ether oxygens (including phenoxy) is 2. The van der Waals surface area contributed by atoms with Crippen LogP contribution in [0.2, 0.25) is 0 Å². The molecule has 2 heterocycles. The summed E-state index contributed by atoms with van der Waals surface area (Å²) in [6, 6.07) is 11.7. The molecule has 1 aliphatic rings. The van der Waals surface area contributed by atoms with Gasteiger partial charge < -0.3 is 19.5 Å². The topological polar surface area (TPSA) is 163 Å². The first-order valence-corrected chi connectivity index (χ1v) is 14.1. The summed E-state index contributed by atoms with van der Waals surface area (Å²) < 4.78 is 39.0. The largest absolute Gasteiger partial charge is 0.515 e. The smallest absolute Gasteiger partial charge is 0.409 e. The van der Waals surface area contributed by atoms with E-state index in [4.69, 9.17) is 9.47 Å². The molecule has 2 aromatic carbocycles. The first-order chi connectivity index (χ1) is 21.1. The molecule has 0 aliphatic carbocycles. The van der Waals surface area contributed by atoms with E-state index >= 15 is 0 Å². The third kappa shape index (κ3) is 8.86. The molecule has 1 aliphatic heterocycles. The van der Waals surface area contributed by atoms with Gasteiger partial charge in [-0.05, 0) is 36.6 Å². The van der Waals surface area contributed by atoms with Crippen LogP contribution < -0.4 is 4.74 Å². The van der Waals surface area contributed by atoms with Crippen molar-refractivity contribution in [2.75, 3.05) is 6.54 Å². The lowest BCUT2D eigenvalue weighted by Gasteiger charge is -2.24. The molecule has 0 spiro atoms. The quantitative estimate of drug-likeness (QED) is 0.0641. The van der Waals surface area contributed by atoms with Crippen LogP contribution in [-0.4, -0.2) is 65.9 Å². The number of nitro benzene ring substituents is 1. The van der Waals surface area contributed by atoms with Crippen molar-refractivity contribution in [3.8, 4) is 5.75 Å². The fraction of sp³-hybridized carbons (Fsp3) is 0.414. The predicted octanol–water partition coefficient (Wildman–Crippen LogP) is 4.56. The minimum atomic E-state index is -3.44. The summed E-state index contributed by atoms with van der Waals surface area (Å²) in [6.07, 6.45) is 4.06. The highest BCUT2D eigenvalue weighted by Gasteiger charge is 2.39. The van der Waals surface area contributed by atoms with E-state index in [1.54, 1.807) is 11.0 Å². The number of aliphatic hydroxyl groups excluding tert-OH is 1. The van der Waals surface area contributed by atoms with Gasteiger partial charge in [-0.2, -0.15) is 8.78 Å². The van der Waals surface area contributed by atoms with Crippen LogP contribution in [0.1, 0.15) is 49.9 Å². The number of benzene rings is 2. The van der Waals surface area contributed by atoms with Crippen molar-refractivity contribution in [1.82, 2.24) is 25.1 Å². The number of rotatable bonds is 15. The minimum absolute atomic E-state index is 0.0383. The maximum absolute atomic E-state index is 14.6. The number of halogens is 2. The fourth-order valence-electron chi connectivity index (χ4n) is 4.65. The molecule has 15 heteroatoms. The summed E-state index contributed by atoms with van der Waals surface area (Å²) >= 11 is 0. The maximum Gasteiger partial charge on any atom is 0.515 e. The monoisotopic (exact) mass is 614 g/mol. The Kier molecular flexibility index (Phi) is 11.0. The molecule has 1 fully saturated rings. The van der Waals surface area contributed by atoms with Crippen LogP contribution in [0.3, 0.4) is 0 Å². The van der Waals surface area contributed by atoms with Gasteiger partial charge in [-0.3, -0.25) is 14.9 Å². The average Bonchev–Trinajstić information content (AvgIpc) is 3.62. The number of hydrogen-bond donors (Lipinski definition) is 1. The summed E-state index contributed by atoms with van der Waals surface area (Å²) in [7, 11) is 0. The van der Waals surface area contributed by atoms with Gasteiger partial charge in [0.2, 0.25) is 12.6 Å². The molecule has 13 nitrogen and oxygen atoms in total. The average molecular weight is 615 g/mol. The number of amides is 1. The van der Waals surface area contributed by atoms with E-state index < -0.39 is 23.1 Å². The van der Waals surface area contributed by atoms with Gasteiger partial charge in [0.25, 0.3) is 5.69 Å². The highest BCUT2D eigenvalue weighted by atomic mass is 19.3. The van der Waals surface area contributed by atoms with Crippen molar-refractivity contribution in [3.05, 3.63) is 88.3 Å². The van der Waals surface area contributed by atoms with Crippen molar-refractivity contribution in [2.24, 2.45) is 0 Å². The van der Waals surface area contributed by atoms with Crippen LogP contribution in [0.25, 0.3) is 0 Å². The van der Waals surface area contributed by atoms with Gasteiger partial charge in [0.15, 0.2) is 5.82 Å². The number of carbonyl (C=O) groups excluding carboxylic acids is 2. The van der Waals surface area contributed by atoms with Gasteiger partial charge in [-0.15, -0.1) is 15.0 Å². The van der Waals surface area contributed by atoms with Gasteiger partial charge in [-0.1, -0.05) is 55.3 Å². The molecule has 234 valence electrons. The summed E-state index contributed by atoms with van der Waals surface area (Å²) in [5, 5.41) is 32.7. The van der Waals surface area contributed by atoms with Crippen LogP contribution in [0.15, 0.2) is 66.7 Å². The lowest BCUT2D eigenvalue weighted by Crippen LogP contribution is -2.34. The molecule has 1 aromatic heterocycles.